The number of aromatic nitrogens is 5. The molecule has 9 nitrogen and oxygen atoms in total. The third-order valence-electron chi connectivity index (χ3n) is 6.80. The van der Waals surface area contributed by atoms with Crippen molar-refractivity contribution in [1.82, 2.24) is 28.6 Å². The summed E-state index contributed by atoms with van der Waals surface area (Å²) in [7, 11) is -0.747. The van der Waals surface area contributed by atoms with Crippen LogP contribution in [0.5, 0.6) is 0 Å². The van der Waals surface area contributed by atoms with E-state index in [0.29, 0.717) is 13.1 Å². The average molecular weight is 473 g/mol. The molecule has 1 aromatic carbocycles. The molecule has 3 aromatic heterocycles. The van der Waals surface area contributed by atoms with E-state index in [1.807, 2.05) is 62.3 Å². The van der Waals surface area contributed by atoms with Crippen molar-refractivity contribution in [2.24, 2.45) is 4.36 Å². The molecule has 0 bridgehead atoms. The fourth-order valence-electron chi connectivity index (χ4n) is 4.81. The van der Waals surface area contributed by atoms with Crippen molar-refractivity contribution in [2.45, 2.75) is 30.1 Å². The molecule has 2 fully saturated rings. The van der Waals surface area contributed by atoms with E-state index in [1.165, 1.54) is 0 Å². The van der Waals surface area contributed by atoms with Crippen LogP contribution in [0.1, 0.15) is 19.3 Å². The van der Waals surface area contributed by atoms with Gasteiger partial charge in [-0.25, -0.2) is 22.8 Å². The number of para-hydroxylation sites is 1. The Kier molecular flexibility index (Phi) is 4.79. The van der Waals surface area contributed by atoms with Gasteiger partial charge in [-0.15, -0.1) is 0 Å². The van der Waals surface area contributed by atoms with Crippen LogP contribution in [0.3, 0.4) is 0 Å². The summed E-state index contributed by atoms with van der Waals surface area (Å²) in [4.78, 5) is 9.07. The number of hydrogen-bond donors (Lipinski definition) is 0. The first-order chi connectivity index (χ1) is 16.6. The zero-order valence-corrected chi connectivity index (χ0v) is 19.6. The molecular formula is C24H24N8OS. The number of nitriles is 1. The van der Waals surface area contributed by atoms with Crippen LogP contribution >= 0.6 is 0 Å². The number of hydrogen-bond acceptors (Lipinski definition) is 6. The van der Waals surface area contributed by atoms with Crippen LogP contribution in [-0.4, -0.2) is 58.2 Å². The Morgan fingerprint density at radius 3 is 2.71 bits per heavy atom. The minimum atomic E-state index is -2.39. The van der Waals surface area contributed by atoms with Gasteiger partial charge in [-0.3, -0.25) is 4.68 Å². The van der Waals surface area contributed by atoms with E-state index < -0.39 is 15.5 Å². The normalized spacial score (nSPS) is 19.3. The summed E-state index contributed by atoms with van der Waals surface area (Å²) in [6.45, 7) is 0.996. The molecule has 4 heterocycles. The van der Waals surface area contributed by atoms with Gasteiger partial charge in [-0.2, -0.15) is 10.4 Å². The largest absolute Gasteiger partial charge is 0.301 e. The molecule has 1 atom stereocenters. The van der Waals surface area contributed by atoms with Gasteiger partial charge in [0, 0.05) is 49.2 Å². The van der Waals surface area contributed by atoms with Gasteiger partial charge in [0.25, 0.3) is 0 Å². The van der Waals surface area contributed by atoms with Crippen molar-refractivity contribution in [3.05, 3.63) is 61.3 Å². The Morgan fingerprint density at radius 1 is 1.21 bits per heavy atom. The molecule has 0 N–H and O–H groups in total. The lowest BCUT2D eigenvalue weighted by Crippen LogP contribution is -2.64. The van der Waals surface area contributed by atoms with Crippen LogP contribution in [0.15, 0.2) is 65.7 Å². The van der Waals surface area contributed by atoms with Crippen LogP contribution in [0.25, 0.3) is 28.0 Å². The summed E-state index contributed by atoms with van der Waals surface area (Å²) in [5.41, 5.74) is 2.98. The second kappa shape index (κ2) is 7.75. The maximum absolute atomic E-state index is 13.3. The van der Waals surface area contributed by atoms with Crippen molar-refractivity contribution in [3.8, 4) is 23.0 Å². The van der Waals surface area contributed by atoms with Gasteiger partial charge in [0.1, 0.15) is 27.4 Å². The smallest absolute Gasteiger partial charge is 0.148 e. The molecule has 0 radical (unpaired) electrons. The lowest BCUT2D eigenvalue weighted by molar-refractivity contribution is 0.0747. The maximum atomic E-state index is 13.3. The summed E-state index contributed by atoms with van der Waals surface area (Å²) in [5.74, 6) is 0. The van der Waals surface area contributed by atoms with Crippen molar-refractivity contribution >= 4 is 20.9 Å². The highest BCUT2D eigenvalue weighted by molar-refractivity contribution is 7.92. The Labute approximate surface area is 198 Å². The second-order valence-electron chi connectivity index (χ2n) is 8.93. The van der Waals surface area contributed by atoms with Gasteiger partial charge >= 0.3 is 0 Å². The topological polar surface area (TPSA) is 105 Å². The third-order valence-corrected chi connectivity index (χ3v) is 9.66. The SMILES string of the molecule is CN=S(=O)(C1CC1)N1CC(CC#N)(n2cc(-c3ncnc4c3ccn4-c3ccccc3)cn2)C1. The van der Waals surface area contributed by atoms with E-state index >= 15 is 0 Å². The maximum Gasteiger partial charge on any atom is 0.148 e. The quantitative estimate of drug-likeness (QED) is 0.428. The highest BCUT2D eigenvalue weighted by Crippen LogP contribution is 2.41. The van der Waals surface area contributed by atoms with E-state index in [9.17, 15) is 9.47 Å². The van der Waals surface area contributed by atoms with Crippen molar-refractivity contribution in [2.75, 3.05) is 20.1 Å². The van der Waals surface area contributed by atoms with Crippen LogP contribution in [0, 0.1) is 11.3 Å². The predicted octanol–water partition coefficient (Wildman–Crippen LogP) is 3.38. The van der Waals surface area contributed by atoms with Gasteiger partial charge in [-0.1, -0.05) is 18.2 Å². The van der Waals surface area contributed by atoms with Gasteiger partial charge in [0.05, 0.1) is 29.6 Å². The van der Waals surface area contributed by atoms with Gasteiger partial charge in [0.2, 0.25) is 0 Å². The summed E-state index contributed by atoms with van der Waals surface area (Å²) in [5, 5.41) is 15.2. The van der Waals surface area contributed by atoms with Gasteiger partial charge in [0.15, 0.2) is 0 Å². The minimum Gasteiger partial charge on any atom is -0.301 e. The molecule has 1 unspecified atom stereocenters. The molecule has 34 heavy (non-hydrogen) atoms. The number of nitrogens with zero attached hydrogens (tertiary/aromatic N) is 8. The first-order valence-electron chi connectivity index (χ1n) is 11.3. The fraction of sp³-hybridized carbons (Fsp3) is 0.333. The van der Waals surface area contributed by atoms with Crippen LogP contribution in [0.2, 0.25) is 0 Å². The molecule has 4 aromatic rings. The number of rotatable bonds is 6. The molecule has 1 aliphatic carbocycles. The first kappa shape index (κ1) is 21.0. The van der Waals surface area contributed by atoms with E-state index in [2.05, 4.69) is 25.5 Å². The first-order valence-corrected chi connectivity index (χ1v) is 12.8. The van der Waals surface area contributed by atoms with Crippen LogP contribution in [-0.2, 0) is 15.5 Å². The molecule has 0 amide bonds. The Morgan fingerprint density at radius 2 is 2.00 bits per heavy atom. The predicted molar refractivity (Wildman–Crippen MR) is 129 cm³/mol. The fourth-order valence-corrected chi connectivity index (χ4v) is 7.36. The van der Waals surface area contributed by atoms with Crippen molar-refractivity contribution in [1.29, 1.82) is 5.26 Å². The lowest BCUT2D eigenvalue weighted by Gasteiger charge is -2.49. The molecule has 2 aliphatic rings. The monoisotopic (exact) mass is 472 g/mol. The van der Waals surface area contributed by atoms with Gasteiger partial charge < -0.3 is 4.57 Å². The number of fused-ring (bicyclic) bond motifs is 1. The molecule has 1 aliphatic heterocycles. The van der Waals surface area contributed by atoms with Crippen molar-refractivity contribution < 1.29 is 4.21 Å². The molecular weight excluding hydrogens is 448 g/mol. The van der Waals surface area contributed by atoms with E-state index in [0.717, 1.165) is 40.8 Å². The number of benzene rings is 1. The molecule has 172 valence electrons. The standard InChI is InChI=1S/C24H24N8OS/c1-26-34(33,20-7-8-20)30-15-24(16-30,10-11-25)32-14-18(13-29-32)22-21-9-12-31(23(21)28-17-27-22)19-5-3-2-4-6-19/h2-6,9,12-14,17,20H,7-8,10,15-16H2,1H3. The molecule has 10 heteroatoms. The van der Waals surface area contributed by atoms with E-state index in [-0.39, 0.29) is 11.7 Å². The average Bonchev–Trinajstić information content (AvgIpc) is 3.44. The highest BCUT2D eigenvalue weighted by atomic mass is 32.2. The Balaban J connectivity index is 1.34. The Bertz CT molecular complexity index is 1530. The summed E-state index contributed by atoms with van der Waals surface area (Å²) < 4.78 is 23.4. The molecule has 1 saturated heterocycles. The van der Waals surface area contributed by atoms with Gasteiger partial charge in [-0.05, 0) is 31.0 Å². The summed E-state index contributed by atoms with van der Waals surface area (Å²) in [6.07, 6.45) is 9.49. The summed E-state index contributed by atoms with van der Waals surface area (Å²) >= 11 is 0. The van der Waals surface area contributed by atoms with E-state index in [1.54, 1.807) is 19.6 Å². The molecule has 0 spiro atoms. The molecule has 1 saturated carbocycles. The Hall–Kier alpha value is -3.55. The highest BCUT2D eigenvalue weighted by Gasteiger charge is 2.52. The lowest BCUT2D eigenvalue weighted by atomic mass is 9.89. The zero-order chi connectivity index (χ0) is 23.3. The summed E-state index contributed by atoms with van der Waals surface area (Å²) in [6, 6.07) is 14.4. The minimum absolute atomic E-state index is 0.147. The second-order valence-corrected chi connectivity index (χ2v) is 11.6. The zero-order valence-electron chi connectivity index (χ0n) is 18.8. The van der Waals surface area contributed by atoms with Crippen LogP contribution in [0.4, 0.5) is 0 Å². The molecule has 6 rings (SSSR count). The van der Waals surface area contributed by atoms with E-state index in [4.69, 9.17) is 0 Å². The van der Waals surface area contributed by atoms with Crippen molar-refractivity contribution in [3.63, 3.8) is 0 Å². The third kappa shape index (κ3) is 3.15. The van der Waals surface area contributed by atoms with Crippen LogP contribution < -0.4 is 0 Å².